The molecule has 26 heavy (non-hydrogen) atoms. The molecule has 0 aliphatic carbocycles. The first-order valence-corrected chi connectivity index (χ1v) is 9.48. The van der Waals surface area contributed by atoms with Crippen LogP contribution in [0.3, 0.4) is 0 Å². The van der Waals surface area contributed by atoms with Crippen molar-refractivity contribution in [3.8, 4) is 0 Å². The van der Waals surface area contributed by atoms with Crippen LogP contribution >= 0.6 is 23.4 Å². The lowest BCUT2D eigenvalue weighted by molar-refractivity contribution is -0.122. The molecule has 1 aliphatic rings. The number of hydrogen-bond donors (Lipinski definition) is 1. The molecule has 0 bridgehead atoms. The third kappa shape index (κ3) is 4.29. The average molecular weight is 387 g/mol. The molecule has 0 radical (unpaired) electrons. The first kappa shape index (κ1) is 18.5. The van der Waals surface area contributed by atoms with Gasteiger partial charge in [0.2, 0.25) is 0 Å². The highest BCUT2D eigenvalue weighted by atomic mass is 35.5. The van der Waals surface area contributed by atoms with Crippen molar-refractivity contribution in [1.82, 2.24) is 4.90 Å². The number of anilines is 1. The van der Waals surface area contributed by atoms with Crippen LogP contribution in [0.5, 0.6) is 0 Å². The van der Waals surface area contributed by atoms with Crippen LogP contribution in [-0.4, -0.2) is 22.7 Å². The van der Waals surface area contributed by atoms with Crippen molar-refractivity contribution >= 4 is 46.3 Å². The molecule has 1 aliphatic heterocycles. The van der Waals surface area contributed by atoms with Gasteiger partial charge in [-0.1, -0.05) is 55.8 Å². The molecule has 0 saturated carbocycles. The Kier molecular flexibility index (Phi) is 5.69. The summed E-state index contributed by atoms with van der Waals surface area (Å²) >= 11 is 6.90. The Hall–Kier alpha value is -2.24. The summed E-state index contributed by atoms with van der Waals surface area (Å²) in [5.41, 5.74) is 2.90. The Morgan fingerprint density at radius 1 is 1.15 bits per heavy atom. The number of carbonyl (C=O) groups excluding carboxylic acids is 2. The molecule has 0 atom stereocenters. The standard InChI is InChI=1S/C20H19ClN2O2S/c1-13(2)15-8-6-14(7-9-15)10-18-19(24)23(20(25)26-18)12-22-17-5-3-4-16(21)11-17/h3-11,13,22H,12H2,1-2H3/b18-10+. The van der Waals surface area contributed by atoms with Gasteiger partial charge in [-0.05, 0) is 53.1 Å². The highest BCUT2D eigenvalue weighted by Crippen LogP contribution is 2.32. The van der Waals surface area contributed by atoms with Crippen LogP contribution in [0, 0.1) is 0 Å². The second-order valence-electron chi connectivity index (χ2n) is 6.28. The Labute approximate surface area is 162 Å². The number of carbonyl (C=O) groups is 2. The Morgan fingerprint density at radius 3 is 2.54 bits per heavy atom. The lowest BCUT2D eigenvalue weighted by Gasteiger charge is -2.14. The molecule has 4 nitrogen and oxygen atoms in total. The minimum Gasteiger partial charge on any atom is -0.367 e. The number of hydrogen-bond acceptors (Lipinski definition) is 4. The fourth-order valence-corrected chi connectivity index (χ4v) is 3.56. The predicted molar refractivity (Wildman–Crippen MR) is 108 cm³/mol. The summed E-state index contributed by atoms with van der Waals surface area (Å²) in [5.74, 6) is 0.163. The lowest BCUT2D eigenvalue weighted by Crippen LogP contribution is -2.33. The number of imide groups is 1. The van der Waals surface area contributed by atoms with Crippen molar-refractivity contribution in [3.63, 3.8) is 0 Å². The minimum absolute atomic E-state index is 0.106. The number of nitrogens with one attached hydrogen (secondary N) is 1. The maximum atomic E-state index is 12.5. The molecule has 1 N–H and O–H groups in total. The van der Waals surface area contributed by atoms with Crippen LogP contribution in [0.4, 0.5) is 10.5 Å². The molecule has 1 fully saturated rings. The molecule has 0 unspecified atom stereocenters. The molecule has 2 amide bonds. The molecule has 1 heterocycles. The van der Waals surface area contributed by atoms with Gasteiger partial charge in [0.05, 0.1) is 11.6 Å². The van der Waals surface area contributed by atoms with Gasteiger partial charge in [0.1, 0.15) is 0 Å². The second kappa shape index (κ2) is 7.98. The largest absolute Gasteiger partial charge is 0.367 e. The zero-order valence-corrected chi connectivity index (χ0v) is 16.1. The summed E-state index contributed by atoms with van der Waals surface area (Å²) in [6, 6.07) is 15.2. The second-order valence-corrected chi connectivity index (χ2v) is 7.71. The van der Waals surface area contributed by atoms with Crippen LogP contribution in [-0.2, 0) is 4.79 Å². The number of benzene rings is 2. The first-order chi connectivity index (χ1) is 12.4. The van der Waals surface area contributed by atoms with E-state index in [1.54, 1.807) is 24.3 Å². The van der Waals surface area contributed by atoms with E-state index in [0.717, 1.165) is 23.0 Å². The summed E-state index contributed by atoms with van der Waals surface area (Å²) < 4.78 is 0. The Balaban J connectivity index is 1.69. The van der Waals surface area contributed by atoms with Crippen molar-refractivity contribution in [2.45, 2.75) is 19.8 Å². The summed E-state index contributed by atoms with van der Waals surface area (Å²) in [6.07, 6.45) is 1.76. The number of amides is 2. The van der Waals surface area contributed by atoms with E-state index in [-0.39, 0.29) is 17.8 Å². The van der Waals surface area contributed by atoms with Gasteiger partial charge in [0.25, 0.3) is 11.1 Å². The number of halogens is 1. The highest BCUT2D eigenvalue weighted by molar-refractivity contribution is 8.18. The van der Waals surface area contributed by atoms with E-state index in [1.807, 2.05) is 30.3 Å². The van der Waals surface area contributed by atoms with Gasteiger partial charge in [-0.2, -0.15) is 0 Å². The first-order valence-electron chi connectivity index (χ1n) is 8.29. The van der Waals surface area contributed by atoms with Gasteiger partial charge in [0, 0.05) is 10.7 Å². The summed E-state index contributed by atoms with van der Waals surface area (Å²) in [5, 5.41) is 3.36. The third-order valence-corrected chi connectivity index (χ3v) is 5.18. The van der Waals surface area contributed by atoms with E-state index in [2.05, 4.69) is 19.2 Å². The van der Waals surface area contributed by atoms with E-state index in [4.69, 9.17) is 11.6 Å². The van der Waals surface area contributed by atoms with E-state index >= 15 is 0 Å². The van der Waals surface area contributed by atoms with Crippen LogP contribution in [0.1, 0.15) is 30.9 Å². The number of rotatable bonds is 5. The van der Waals surface area contributed by atoms with Crippen LogP contribution in [0.15, 0.2) is 53.4 Å². The fourth-order valence-electron chi connectivity index (χ4n) is 2.53. The molecule has 134 valence electrons. The van der Waals surface area contributed by atoms with Crippen LogP contribution in [0.2, 0.25) is 5.02 Å². The van der Waals surface area contributed by atoms with Crippen molar-refractivity contribution in [3.05, 3.63) is 69.6 Å². The molecule has 2 aromatic carbocycles. The van der Waals surface area contributed by atoms with Gasteiger partial charge >= 0.3 is 0 Å². The monoisotopic (exact) mass is 386 g/mol. The van der Waals surface area contributed by atoms with E-state index in [9.17, 15) is 9.59 Å². The Morgan fingerprint density at radius 2 is 1.88 bits per heavy atom. The topological polar surface area (TPSA) is 49.4 Å². The van der Waals surface area contributed by atoms with Gasteiger partial charge < -0.3 is 5.32 Å². The highest BCUT2D eigenvalue weighted by Gasteiger charge is 2.34. The minimum atomic E-state index is -0.289. The van der Waals surface area contributed by atoms with Crippen LogP contribution in [0.25, 0.3) is 6.08 Å². The van der Waals surface area contributed by atoms with Crippen molar-refractivity contribution in [2.24, 2.45) is 0 Å². The van der Waals surface area contributed by atoms with Gasteiger partial charge in [-0.15, -0.1) is 0 Å². The molecular weight excluding hydrogens is 368 g/mol. The molecule has 0 spiro atoms. The van der Waals surface area contributed by atoms with Crippen LogP contribution < -0.4 is 5.32 Å². The number of thioether (sulfide) groups is 1. The predicted octanol–water partition coefficient (Wildman–Crippen LogP) is 5.57. The molecule has 6 heteroatoms. The van der Waals surface area contributed by atoms with Crippen molar-refractivity contribution < 1.29 is 9.59 Å². The molecule has 1 saturated heterocycles. The van der Waals surface area contributed by atoms with E-state index in [1.165, 1.54) is 10.5 Å². The molecule has 2 aromatic rings. The quantitative estimate of drug-likeness (QED) is 0.682. The maximum Gasteiger partial charge on any atom is 0.295 e. The smallest absolute Gasteiger partial charge is 0.295 e. The zero-order valence-electron chi connectivity index (χ0n) is 14.5. The normalized spacial score (nSPS) is 16.0. The van der Waals surface area contributed by atoms with Gasteiger partial charge in [-0.3, -0.25) is 14.5 Å². The molecular formula is C20H19ClN2O2S. The summed E-state index contributed by atoms with van der Waals surface area (Å²) in [7, 11) is 0. The zero-order chi connectivity index (χ0) is 18.7. The van der Waals surface area contributed by atoms with Gasteiger partial charge in [0.15, 0.2) is 0 Å². The number of nitrogens with zero attached hydrogens (tertiary/aromatic N) is 1. The van der Waals surface area contributed by atoms with E-state index in [0.29, 0.717) is 15.8 Å². The fraction of sp³-hybridized carbons (Fsp3) is 0.200. The maximum absolute atomic E-state index is 12.5. The van der Waals surface area contributed by atoms with E-state index < -0.39 is 0 Å². The average Bonchev–Trinajstić information content (AvgIpc) is 2.87. The summed E-state index contributed by atoms with van der Waals surface area (Å²) in [4.78, 5) is 26.3. The van der Waals surface area contributed by atoms with Crippen molar-refractivity contribution in [2.75, 3.05) is 12.0 Å². The third-order valence-electron chi connectivity index (χ3n) is 4.04. The SMILES string of the molecule is CC(C)c1ccc(/C=C2/SC(=O)N(CNc3cccc(Cl)c3)C2=O)cc1. The molecule has 3 rings (SSSR count). The van der Waals surface area contributed by atoms with Gasteiger partial charge in [-0.25, -0.2) is 0 Å². The summed E-state index contributed by atoms with van der Waals surface area (Å²) in [6.45, 7) is 4.37. The van der Waals surface area contributed by atoms with Crippen molar-refractivity contribution in [1.29, 1.82) is 0 Å². The lowest BCUT2D eigenvalue weighted by atomic mass is 10.0. The Bertz CT molecular complexity index is 862. The molecule has 0 aromatic heterocycles.